The largest absolute Gasteiger partial charge is 0.462 e. The minimum Gasteiger partial charge on any atom is -0.462 e. The molecule has 0 radical (unpaired) electrons. The molecule has 1 unspecified atom stereocenters. The van der Waals surface area contributed by atoms with Crippen molar-refractivity contribution in [1.29, 1.82) is 0 Å². The monoisotopic (exact) mass is 1130 g/mol. The molecule has 0 aliphatic heterocycles. The topological polar surface area (TPSA) is 78.9 Å². The second kappa shape index (κ2) is 69.9. The van der Waals surface area contributed by atoms with Crippen LogP contribution < -0.4 is 0 Å². The highest BCUT2D eigenvalue weighted by Gasteiger charge is 2.20. The van der Waals surface area contributed by atoms with Gasteiger partial charge in [-0.25, -0.2) is 0 Å². The fraction of sp³-hybridized carbons (Fsp3) is 0.959. The highest BCUT2D eigenvalue weighted by molar-refractivity contribution is 5.71. The van der Waals surface area contributed by atoms with E-state index in [1.165, 1.54) is 340 Å². The molecule has 0 aromatic carbocycles. The van der Waals surface area contributed by atoms with Crippen LogP contribution >= 0.6 is 0 Å². The third kappa shape index (κ3) is 67.2. The molecule has 1 atom stereocenters. The Bertz CT molecular complexity index is 1200. The Labute approximate surface area is 501 Å². The van der Waals surface area contributed by atoms with Crippen LogP contribution in [-0.4, -0.2) is 37.2 Å². The standard InChI is InChI=1S/C74H144O6/c1-4-7-10-13-16-19-22-25-28-31-34-36-37-38-39-41-43-46-49-52-55-58-61-64-67-73(76)79-70-71(69-78-72(75)66-63-60-57-54-51-48-45-42-33-30-27-24-21-18-15-12-9-6-3)80-74(77)68-65-62-59-56-53-50-47-44-40-35-32-29-26-23-20-17-14-11-8-5-2/h71H,4-70H2,1-3H3. The van der Waals surface area contributed by atoms with Crippen molar-refractivity contribution in [2.24, 2.45) is 0 Å². The summed E-state index contributed by atoms with van der Waals surface area (Å²) in [6.45, 7) is 6.76. The summed E-state index contributed by atoms with van der Waals surface area (Å²) in [5.41, 5.74) is 0. The van der Waals surface area contributed by atoms with Gasteiger partial charge in [-0.15, -0.1) is 0 Å². The maximum atomic E-state index is 13.0. The normalized spacial score (nSPS) is 11.9. The van der Waals surface area contributed by atoms with Gasteiger partial charge in [0.25, 0.3) is 0 Å². The lowest BCUT2D eigenvalue weighted by molar-refractivity contribution is -0.167. The van der Waals surface area contributed by atoms with Crippen molar-refractivity contribution in [3.63, 3.8) is 0 Å². The van der Waals surface area contributed by atoms with Gasteiger partial charge >= 0.3 is 17.9 Å². The molecular formula is C74H144O6. The van der Waals surface area contributed by atoms with E-state index in [1.54, 1.807) is 0 Å². The molecule has 0 aliphatic carbocycles. The third-order valence-electron chi connectivity index (χ3n) is 17.4. The molecule has 6 nitrogen and oxygen atoms in total. The van der Waals surface area contributed by atoms with Crippen LogP contribution in [0.4, 0.5) is 0 Å². The minimum atomic E-state index is -0.764. The summed E-state index contributed by atoms with van der Waals surface area (Å²) in [5, 5.41) is 0. The van der Waals surface area contributed by atoms with Crippen molar-refractivity contribution in [2.75, 3.05) is 13.2 Å². The lowest BCUT2D eigenvalue weighted by Gasteiger charge is -2.18. The average molecular weight is 1130 g/mol. The smallest absolute Gasteiger partial charge is 0.306 e. The quantitative estimate of drug-likeness (QED) is 0.0343. The zero-order valence-corrected chi connectivity index (χ0v) is 54.9. The predicted molar refractivity (Wildman–Crippen MR) is 349 cm³/mol. The Morgan fingerprint density at radius 2 is 0.338 bits per heavy atom. The maximum Gasteiger partial charge on any atom is 0.306 e. The molecule has 0 saturated heterocycles. The molecule has 0 heterocycles. The van der Waals surface area contributed by atoms with Gasteiger partial charge in [-0.2, -0.15) is 0 Å². The van der Waals surface area contributed by atoms with E-state index in [9.17, 15) is 14.4 Å². The zero-order chi connectivity index (χ0) is 57.8. The molecule has 80 heavy (non-hydrogen) atoms. The molecule has 0 aliphatic rings. The molecule has 0 amide bonds. The summed E-state index contributed by atoms with van der Waals surface area (Å²) in [5.74, 6) is -0.815. The summed E-state index contributed by atoms with van der Waals surface area (Å²) < 4.78 is 17.1. The summed E-state index contributed by atoms with van der Waals surface area (Å²) >= 11 is 0. The van der Waals surface area contributed by atoms with Crippen LogP contribution in [0.15, 0.2) is 0 Å². The highest BCUT2D eigenvalue weighted by atomic mass is 16.6. The van der Waals surface area contributed by atoms with Crippen molar-refractivity contribution in [1.82, 2.24) is 0 Å². The molecule has 0 saturated carbocycles. The van der Waals surface area contributed by atoms with E-state index in [0.717, 1.165) is 57.8 Å². The first-order valence-electron chi connectivity index (χ1n) is 37.0. The number of esters is 3. The maximum absolute atomic E-state index is 13.0. The van der Waals surface area contributed by atoms with Gasteiger partial charge in [0.15, 0.2) is 6.10 Å². The number of hydrogen-bond acceptors (Lipinski definition) is 6. The molecular weight excluding hydrogens is 985 g/mol. The third-order valence-corrected chi connectivity index (χ3v) is 17.4. The summed E-state index contributed by atoms with van der Waals surface area (Å²) in [6.07, 6.45) is 82.8. The van der Waals surface area contributed by atoms with Crippen molar-refractivity contribution < 1.29 is 28.6 Å². The molecule has 0 fully saturated rings. The Hall–Kier alpha value is -1.59. The first-order chi connectivity index (χ1) is 39.5. The van der Waals surface area contributed by atoms with Crippen LogP contribution in [-0.2, 0) is 28.6 Å². The first kappa shape index (κ1) is 78.4. The Kier molecular flexibility index (Phi) is 68.5. The highest BCUT2D eigenvalue weighted by Crippen LogP contribution is 2.20. The van der Waals surface area contributed by atoms with E-state index >= 15 is 0 Å². The van der Waals surface area contributed by atoms with E-state index in [4.69, 9.17) is 14.2 Å². The minimum absolute atomic E-state index is 0.0598. The van der Waals surface area contributed by atoms with Gasteiger partial charge in [-0.3, -0.25) is 14.4 Å². The lowest BCUT2D eigenvalue weighted by Crippen LogP contribution is -2.30. The molecule has 0 N–H and O–H groups in total. The Balaban J connectivity index is 4.24. The zero-order valence-electron chi connectivity index (χ0n) is 54.9. The SMILES string of the molecule is CCCCCCCCCCCCCCCCCCCCCCCCCCC(=O)OCC(COC(=O)CCCCCCCCCCCCCCCCCCCC)OC(=O)CCCCCCCCCCCCCCCCCCCCCC. The van der Waals surface area contributed by atoms with Crippen LogP contribution in [0.25, 0.3) is 0 Å². The molecule has 0 rings (SSSR count). The van der Waals surface area contributed by atoms with Crippen LogP contribution in [0.3, 0.4) is 0 Å². The van der Waals surface area contributed by atoms with Crippen molar-refractivity contribution >= 4 is 17.9 Å². The van der Waals surface area contributed by atoms with Gasteiger partial charge < -0.3 is 14.2 Å². The summed E-state index contributed by atoms with van der Waals surface area (Å²) in [6, 6.07) is 0. The molecule has 6 heteroatoms. The van der Waals surface area contributed by atoms with Gasteiger partial charge in [0.1, 0.15) is 13.2 Å². The van der Waals surface area contributed by atoms with Crippen molar-refractivity contribution in [3.8, 4) is 0 Å². The fourth-order valence-corrected chi connectivity index (χ4v) is 11.8. The summed E-state index contributed by atoms with van der Waals surface area (Å²) in [7, 11) is 0. The summed E-state index contributed by atoms with van der Waals surface area (Å²) in [4.78, 5) is 38.5. The molecule has 0 aromatic rings. The van der Waals surface area contributed by atoms with Crippen LogP contribution in [0, 0.1) is 0 Å². The van der Waals surface area contributed by atoms with Gasteiger partial charge in [0.2, 0.25) is 0 Å². The van der Waals surface area contributed by atoms with E-state index < -0.39 is 6.10 Å². The van der Waals surface area contributed by atoms with Gasteiger partial charge in [-0.05, 0) is 19.3 Å². The van der Waals surface area contributed by atoms with Gasteiger partial charge in [0.05, 0.1) is 0 Å². The molecule has 0 bridgehead atoms. The Morgan fingerprint density at radius 3 is 0.500 bits per heavy atom. The van der Waals surface area contributed by atoms with Crippen LogP contribution in [0.2, 0.25) is 0 Å². The van der Waals surface area contributed by atoms with Crippen molar-refractivity contribution in [2.45, 2.75) is 444 Å². The molecule has 0 aromatic heterocycles. The number of rotatable bonds is 70. The number of hydrogen-bond donors (Lipinski definition) is 0. The van der Waals surface area contributed by atoms with Crippen LogP contribution in [0.1, 0.15) is 438 Å². The fourth-order valence-electron chi connectivity index (χ4n) is 11.8. The van der Waals surface area contributed by atoms with Gasteiger partial charge in [0, 0.05) is 19.3 Å². The molecule has 476 valence electrons. The van der Waals surface area contributed by atoms with E-state index in [0.29, 0.717) is 19.3 Å². The number of unbranched alkanes of at least 4 members (excludes halogenated alkanes) is 59. The van der Waals surface area contributed by atoms with E-state index in [1.807, 2.05) is 0 Å². The Morgan fingerprint density at radius 1 is 0.200 bits per heavy atom. The molecule has 0 spiro atoms. The van der Waals surface area contributed by atoms with Crippen molar-refractivity contribution in [3.05, 3.63) is 0 Å². The van der Waals surface area contributed by atoms with Crippen LogP contribution in [0.5, 0.6) is 0 Å². The number of carbonyl (C=O) groups excluding carboxylic acids is 3. The predicted octanol–water partition coefficient (Wildman–Crippen LogP) is 25.4. The van der Waals surface area contributed by atoms with Gasteiger partial charge in [-0.1, -0.05) is 400 Å². The second-order valence-electron chi connectivity index (χ2n) is 25.6. The van der Waals surface area contributed by atoms with E-state index in [-0.39, 0.29) is 31.1 Å². The van der Waals surface area contributed by atoms with E-state index in [2.05, 4.69) is 20.8 Å². The number of ether oxygens (including phenoxy) is 3. The number of carbonyl (C=O) groups is 3. The first-order valence-corrected chi connectivity index (χ1v) is 37.0. The average Bonchev–Trinajstić information content (AvgIpc) is 3.46. The second-order valence-corrected chi connectivity index (χ2v) is 25.6. The lowest BCUT2D eigenvalue weighted by atomic mass is 10.0.